The molecule has 4 aliphatic rings. The standard InChI is InChI=1S/C10H14/c1-2-8-4-3-7(1)9-5-6-10(8)9/h7,9H,1-6H2. The van der Waals surface area contributed by atoms with Gasteiger partial charge < -0.3 is 0 Å². The zero-order chi connectivity index (χ0) is 6.55. The highest BCUT2D eigenvalue weighted by molar-refractivity contribution is 5.30. The van der Waals surface area contributed by atoms with Gasteiger partial charge in [0.25, 0.3) is 0 Å². The van der Waals surface area contributed by atoms with Crippen molar-refractivity contribution in [3.8, 4) is 0 Å². The van der Waals surface area contributed by atoms with Crippen LogP contribution < -0.4 is 0 Å². The van der Waals surface area contributed by atoms with E-state index in [4.69, 9.17) is 0 Å². The zero-order valence-corrected chi connectivity index (χ0v) is 6.40. The topological polar surface area (TPSA) is 0 Å². The van der Waals surface area contributed by atoms with E-state index in [9.17, 15) is 0 Å². The van der Waals surface area contributed by atoms with Crippen molar-refractivity contribution in [2.45, 2.75) is 38.5 Å². The third kappa shape index (κ3) is 0.492. The molecule has 0 heterocycles. The van der Waals surface area contributed by atoms with Gasteiger partial charge in [0.1, 0.15) is 0 Å². The zero-order valence-electron chi connectivity index (χ0n) is 6.40. The maximum atomic E-state index is 1.91. The SMILES string of the molecule is C1CC2CCC1=C1CCC12. The van der Waals surface area contributed by atoms with Crippen molar-refractivity contribution in [3.05, 3.63) is 11.1 Å². The first-order valence-electron chi connectivity index (χ1n) is 4.66. The summed E-state index contributed by atoms with van der Waals surface area (Å²) in [7, 11) is 0. The number of hydrogen-bond donors (Lipinski definition) is 0. The lowest BCUT2D eigenvalue weighted by atomic mass is 9.58. The first kappa shape index (κ1) is 5.40. The summed E-state index contributed by atoms with van der Waals surface area (Å²) < 4.78 is 0. The van der Waals surface area contributed by atoms with Crippen molar-refractivity contribution < 1.29 is 0 Å². The number of fused-ring (bicyclic) bond motifs is 2. The molecule has 0 aliphatic heterocycles. The summed E-state index contributed by atoms with van der Waals surface area (Å²) >= 11 is 0. The van der Waals surface area contributed by atoms with E-state index in [-0.39, 0.29) is 0 Å². The molecule has 0 N–H and O–H groups in total. The fourth-order valence-electron chi connectivity index (χ4n) is 3.13. The lowest BCUT2D eigenvalue weighted by Crippen LogP contribution is -2.34. The van der Waals surface area contributed by atoms with Crippen LogP contribution >= 0.6 is 0 Å². The molecular weight excluding hydrogens is 120 g/mol. The van der Waals surface area contributed by atoms with E-state index in [1.54, 1.807) is 0 Å². The number of rotatable bonds is 0. The van der Waals surface area contributed by atoms with E-state index in [1.165, 1.54) is 38.5 Å². The summed E-state index contributed by atoms with van der Waals surface area (Å²) in [5, 5.41) is 0. The van der Waals surface area contributed by atoms with Crippen molar-refractivity contribution in [1.29, 1.82) is 0 Å². The van der Waals surface area contributed by atoms with Crippen LogP contribution in [0.4, 0.5) is 0 Å². The minimum absolute atomic E-state index is 1.09. The Balaban J connectivity index is 2.08. The minimum atomic E-state index is 1.09. The van der Waals surface area contributed by atoms with Gasteiger partial charge in [-0.25, -0.2) is 0 Å². The molecule has 4 rings (SSSR count). The fourth-order valence-corrected chi connectivity index (χ4v) is 3.13. The maximum absolute atomic E-state index is 1.91. The molecule has 0 spiro atoms. The van der Waals surface area contributed by atoms with Crippen LogP contribution in [0.15, 0.2) is 11.1 Å². The molecule has 0 aromatic rings. The molecule has 1 unspecified atom stereocenters. The second-order valence-corrected chi connectivity index (χ2v) is 4.11. The van der Waals surface area contributed by atoms with Gasteiger partial charge in [0.2, 0.25) is 0 Å². The molecule has 0 aromatic heterocycles. The average Bonchev–Trinajstić information content (AvgIpc) is 1.88. The van der Waals surface area contributed by atoms with Gasteiger partial charge in [-0.15, -0.1) is 0 Å². The molecule has 2 fully saturated rings. The third-order valence-corrected chi connectivity index (χ3v) is 3.83. The van der Waals surface area contributed by atoms with E-state index >= 15 is 0 Å². The van der Waals surface area contributed by atoms with Crippen LogP contribution in [0.5, 0.6) is 0 Å². The Bertz CT molecular complexity index is 190. The van der Waals surface area contributed by atoms with E-state index in [0.717, 1.165) is 11.8 Å². The predicted molar refractivity (Wildman–Crippen MR) is 41.7 cm³/mol. The van der Waals surface area contributed by atoms with Crippen molar-refractivity contribution in [2.75, 3.05) is 0 Å². The molecular formula is C10H14. The Labute approximate surface area is 62.3 Å². The quantitative estimate of drug-likeness (QED) is 0.447. The lowest BCUT2D eigenvalue weighted by molar-refractivity contribution is 0.206. The molecule has 0 heteroatoms. The van der Waals surface area contributed by atoms with E-state index in [2.05, 4.69) is 0 Å². The normalized spacial score (nSPS) is 43.2. The van der Waals surface area contributed by atoms with E-state index in [0.29, 0.717) is 0 Å². The summed E-state index contributed by atoms with van der Waals surface area (Å²) in [4.78, 5) is 0. The molecule has 0 amide bonds. The van der Waals surface area contributed by atoms with E-state index < -0.39 is 0 Å². The fraction of sp³-hybridized carbons (Fsp3) is 0.800. The molecule has 1 atom stereocenters. The van der Waals surface area contributed by atoms with Crippen molar-refractivity contribution in [2.24, 2.45) is 11.8 Å². The molecule has 2 bridgehead atoms. The van der Waals surface area contributed by atoms with Crippen LogP contribution in [0.2, 0.25) is 0 Å². The Morgan fingerprint density at radius 1 is 0.900 bits per heavy atom. The Kier molecular flexibility index (Phi) is 0.898. The van der Waals surface area contributed by atoms with E-state index in [1.807, 2.05) is 11.1 Å². The highest BCUT2D eigenvalue weighted by atomic mass is 14.4. The molecule has 4 aliphatic carbocycles. The number of hydrogen-bond acceptors (Lipinski definition) is 0. The van der Waals surface area contributed by atoms with Gasteiger partial charge in [-0.3, -0.25) is 0 Å². The van der Waals surface area contributed by atoms with Crippen LogP contribution in [0.25, 0.3) is 0 Å². The van der Waals surface area contributed by atoms with Crippen LogP contribution in [-0.2, 0) is 0 Å². The summed E-state index contributed by atoms with van der Waals surface area (Å²) in [5.74, 6) is 2.22. The molecule has 10 heavy (non-hydrogen) atoms. The molecule has 54 valence electrons. The van der Waals surface area contributed by atoms with Crippen molar-refractivity contribution in [1.82, 2.24) is 0 Å². The summed E-state index contributed by atoms with van der Waals surface area (Å²) in [6, 6.07) is 0. The number of allylic oxidation sites excluding steroid dienone is 2. The predicted octanol–water partition coefficient (Wildman–Crippen LogP) is 2.90. The summed E-state index contributed by atoms with van der Waals surface area (Å²) in [6.45, 7) is 0. The van der Waals surface area contributed by atoms with Crippen molar-refractivity contribution in [3.63, 3.8) is 0 Å². The highest BCUT2D eigenvalue weighted by Gasteiger charge is 2.40. The maximum Gasteiger partial charge on any atom is -0.0169 e. The Morgan fingerprint density at radius 3 is 2.00 bits per heavy atom. The Hall–Kier alpha value is -0.260. The van der Waals surface area contributed by atoms with Gasteiger partial charge >= 0.3 is 0 Å². The van der Waals surface area contributed by atoms with Gasteiger partial charge in [-0.1, -0.05) is 11.1 Å². The van der Waals surface area contributed by atoms with Crippen LogP contribution in [0.3, 0.4) is 0 Å². The van der Waals surface area contributed by atoms with Gasteiger partial charge in [-0.2, -0.15) is 0 Å². The second kappa shape index (κ2) is 1.66. The van der Waals surface area contributed by atoms with Gasteiger partial charge in [0, 0.05) is 0 Å². The molecule has 2 saturated carbocycles. The highest BCUT2D eigenvalue weighted by Crippen LogP contribution is 2.54. The minimum Gasteiger partial charge on any atom is -0.0707 e. The monoisotopic (exact) mass is 134 g/mol. The van der Waals surface area contributed by atoms with Gasteiger partial charge in [0.05, 0.1) is 0 Å². The summed E-state index contributed by atoms with van der Waals surface area (Å²) in [6.07, 6.45) is 9.00. The van der Waals surface area contributed by atoms with Crippen LogP contribution in [0.1, 0.15) is 38.5 Å². The van der Waals surface area contributed by atoms with Gasteiger partial charge in [-0.05, 0) is 50.4 Å². The molecule has 0 nitrogen and oxygen atoms in total. The second-order valence-electron chi connectivity index (χ2n) is 4.11. The molecule has 0 saturated heterocycles. The van der Waals surface area contributed by atoms with Gasteiger partial charge in [0.15, 0.2) is 0 Å². The first-order chi connectivity index (χ1) is 4.95. The van der Waals surface area contributed by atoms with Crippen molar-refractivity contribution >= 4 is 0 Å². The molecule has 0 aromatic carbocycles. The lowest BCUT2D eigenvalue weighted by Gasteiger charge is -2.47. The Morgan fingerprint density at radius 2 is 1.70 bits per heavy atom. The molecule has 0 radical (unpaired) electrons. The first-order valence-corrected chi connectivity index (χ1v) is 4.66. The largest absolute Gasteiger partial charge is 0.0707 e. The van der Waals surface area contributed by atoms with Crippen LogP contribution in [-0.4, -0.2) is 0 Å². The summed E-state index contributed by atoms with van der Waals surface area (Å²) in [5.41, 5.74) is 3.78. The third-order valence-electron chi connectivity index (χ3n) is 3.83. The van der Waals surface area contributed by atoms with Crippen LogP contribution in [0, 0.1) is 11.8 Å². The average molecular weight is 134 g/mol. The smallest absolute Gasteiger partial charge is 0.0169 e.